The Morgan fingerprint density at radius 1 is 1.22 bits per heavy atom. The van der Waals surface area contributed by atoms with Gasteiger partial charge < -0.3 is 10.1 Å². The van der Waals surface area contributed by atoms with Gasteiger partial charge in [-0.25, -0.2) is 0 Å². The minimum atomic E-state index is -0.0351. The van der Waals surface area contributed by atoms with Gasteiger partial charge in [0.25, 0.3) is 0 Å². The molecule has 1 atom stereocenters. The van der Waals surface area contributed by atoms with Crippen LogP contribution in [0.1, 0.15) is 39.3 Å². The first-order valence-electron chi connectivity index (χ1n) is 6.46. The second-order valence-corrected chi connectivity index (χ2v) is 6.56. The van der Waals surface area contributed by atoms with Crippen LogP contribution in [0.3, 0.4) is 0 Å². The normalized spacial score (nSPS) is 13.6. The summed E-state index contributed by atoms with van der Waals surface area (Å²) in [6.45, 7) is 9.23. The van der Waals surface area contributed by atoms with E-state index < -0.39 is 0 Å². The average molecular weight is 267 g/mol. The molecule has 0 aromatic heterocycles. The molecule has 0 saturated carbocycles. The van der Waals surface area contributed by atoms with Crippen molar-refractivity contribution in [2.45, 2.75) is 44.2 Å². The summed E-state index contributed by atoms with van der Waals surface area (Å²) in [5, 5.41) is 3.24. The summed E-state index contributed by atoms with van der Waals surface area (Å²) in [7, 11) is 1.98. The number of rotatable bonds is 6. The second kappa shape index (κ2) is 7.17. The average Bonchev–Trinajstić information content (AvgIpc) is 2.33. The maximum atomic E-state index is 5.70. The van der Waals surface area contributed by atoms with Crippen LogP contribution in [0.5, 0.6) is 0 Å². The van der Waals surface area contributed by atoms with Gasteiger partial charge in [0.1, 0.15) is 0 Å². The molecule has 0 amide bonds. The van der Waals surface area contributed by atoms with E-state index in [2.05, 4.69) is 57.3 Å². The lowest BCUT2D eigenvalue weighted by Gasteiger charge is -2.19. The Morgan fingerprint density at radius 2 is 1.83 bits per heavy atom. The van der Waals surface area contributed by atoms with E-state index in [1.807, 2.05) is 18.8 Å². The maximum absolute atomic E-state index is 5.70. The first-order chi connectivity index (χ1) is 8.42. The van der Waals surface area contributed by atoms with Crippen LogP contribution in [0.15, 0.2) is 29.2 Å². The van der Waals surface area contributed by atoms with Gasteiger partial charge in [-0.2, -0.15) is 0 Å². The number of benzene rings is 1. The summed E-state index contributed by atoms with van der Waals surface area (Å²) in [5.74, 6) is 0.998. The highest BCUT2D eigenvalue weighted by molar-refractivity contribution is 7.99. The van der Waals surface area contributed by atoms with Gasteiger partial charge in [0.15, 0.2) is 0 Å². The SMILES string of the molecule is CNC(C)c1ccc(SCCOC(C)(C)C)cc1. The molecule has 0 saturated heterocycles. The van der Waals surface area contributed by atoms with Crippen LogP contribution in [0, 0.1) is 0 Å². The van der Waals surface area contributed by atoms with E-state index in [4.69, 9.17) is 4.74 Å². The van der Waals surface area contributed by atoms with Crippen LogP contribution in [-0.4, -0.2) is 25.0 Å². The minimum absolute atomic E-state index is 0.0351. The first-order valence-corrected chi connectivity index (χ1v) is 7.45. The standard InChI is InChI=1S/C15H25NOS/c1-12(16-5)13-6-8-14(9-7-13)18-11-10-17-15(2,3)4/h6-9,12,16H,10-11H2,1-5H3. The topological polar surface area (TPSA) is 21.3 Å². The summed E-state index contributed by atoms with van der Waals surface area (Å²) in [6, 6.07) is 9.16. The molecule has 0 aliphatic carbocycles. The molecular formula is C15H25NOS. The van der Waals surface area contributed by atoms with Crippen molar-refractivity contribution in [1.29, 1.82) is 0 Å². The fraction of sp³-hybridized carbons (Fsp3) is 0.600. The highest BCUT2D eigenvalue weighted by atomic mass is 32.2. The van der Waals surface area contributed by atoms with Crippen LogP contribution in [-0.2, 0) is 4.74 Å². The van der Waals surface area contributed by atoms with E-state index in [9.17, 15) is 0 Å². The third-order valence-electron chi connectivity index (χ3n) is 2.70. The van der Waals surface area contributed by atoms with Crippen molar-refractivity contribution in [3.8, 4) is 0 Å². The molecule has 0 spiro atoms. The van der Waals surface area contributed by atoms with Crippen molar-refractivity contribution in [3.05, 3.63) is 29.8 Å². The van der Waals surface area contributed by atoms with Crippen LogP contribution in [0.4, 0.5) is 0 Å². The zero-order valence-electron chi connectivity index (χ0n) is 12.1. The summed E-state index contributed by atoms with van der Waals surface area (Å²) in [5.41, 5.74) is 1.29. The van der Waals surface area contributed by atoms with Crippen molar-refractivity contribution >= 4 is 11.8 Å². The molecule has 0 bridgehead atoms. The molecule has 0 radical (unpaired) electrons. The predicted octanol–water partition coefficient (Wildman–Crippen LogP) is 3.87. The molecule has 1 unspecified atom stereocenters. The van der Waals surface area contributed by atoms with Gasteiger partial charge >= 0.3 is 0 Å². The first kappa shape index (κ1) is 15.5. The number of hydrogen-bond acceptors (Lipinski definition) is 3. The quantitative estimate of drug-likeness (QED) is 0.624. The van der Waals surface area contributed by atoms with E-state index in [1.54, 1.807) is 0 Å². The minimum Gasteiger partial charge on any atom is -0.375 e. The van der Waals surface area contributed by atoms with Crippen LogP contribution in [0.2, 0.25) is 0 Å². The van der Waals surface area contributed by atoms with Crippen molar-refractivity contribution in [2.24, 2.45) is 0 Å². The van der Waals surface area contributed by atoms with Crippen LogP contribution >= 0.6 is 11.8 Å². The molecular weight excluding hydrogens is 242 g/mol. The van der Waals surface area contributed by atoms with Gasteiger partial charge in [0, 0.05) is 16.7 Å². The molecule has 0 heterocycles. The number of ether oxygens (including phenoxy) is 1. The maximum Gasteiger partial charge on any atom is 0.0598 e. The Labute approximate surface area is 116 Å². The van der Waals surface area contributed by atoms with E-state index in [-0.39, 0.29) is 5.60 Å². The van der Waals surface area contributed by atoms with Gasteiger partial charge in [0.05, 0.1) is 12.2 Å². The summed E-state index contributed by atoms with van der Waals surface area (Å²) in [4.78, 5) is 1.31. The Morgan fingerprint density at radius 3 is 2.33 bits per heavy atom. The van der Waals surface area contributed by atoms with Crippen molar-refractivity contribution in [1.82, 2.24) is 5.32 Å². The van der Waals surface area contributed by atoms with Crippen molar-refractivity contribution < 1.29 is 4.74 Å². The lowest BCUT2D eigenvalue weighted by molar-refractivity contribution is 0.00695. The Hall–Kier alpha value is -0.510. The molecule has 0 fully saturated rings. The monoisotopic (exact) mass is 267 g/mol. The van der Waals surface area contributed by atoms with Crippen LogP contribution in [0.25, 0.3) is 0 Å². The molecule has 3 heteroatoms. The summed E-state index contributed by atoms with van der Waals surface area (Å²) < 4.78 is 5.70. The zero-order chi connectivity index (χ0) is 13.6. The Balaban J connectivity index is 2.35. The van der Waals surface area contributed by atoms with Crippen LogP contribution < -0.4 is 5.32 Å². The molecule has 0 aliphatic rings. The molecule has 1 rings (SSSR count). The van der Waals surface area contributed by atoms with Gasteiger partial charge in [-0.1, -0.05) is 12.1 Å². The number of thioether (sulfide) groups is 1. The molecule has 1 aromatic carbocycles. The van der Waals surface area contributed by atoms with Gasteiger partial charge in [0.2, 0.25) is 0 Å². The zero-order valence-corrected chi connectivity index (χ0v) is 12.9. The molecule has 0 aliphatic heterocycles. The summed E-state index contributed by atoms with van der Waals surface area (Å²) in [6.07, 6.45) is 0. The van der Waals surface area contributed by atoms with E-state index in [0.29, 0.717) is 6.04 Å². The third-order valence-corrected chi connectivity index (χ3v) is 3.68. The second-order valence-electron chi connectivity index (χ2n) is 5.39. The highest BCUT2D eigenvalue weighted by Gasteiger charge is 2.09. The fourth-order valence-electron chi connectivity index (χ4n) is 1.53. The van der Waals surface area contributed by atoms with Gasteiger partial charge in [-0.3, -0.25) is 0 Å². The third kappa shape index (κ3) is 5.89. The lowest BCUT2D eigenvalue weighted by Crippen LogP contribution is -2.20. The lowest BCUT2D eigenvalue weighted by atomic mass is 10.1. The molecule has 2 nitrogen and oxygen atoms in total. The van der Waals surface area contributed by atoms with E-state index in [0.717, 1.165) is 12.4 Å². The number of nitrogens with one attached hydrogen (secondary N) is 1. The van der Waals surface area contributed by atoms with Gasteiger partial charge in [-0.15, -0.1) is 11.8 Å². The molecule has 102 valence electrons. The fourth-order valence-corrected chi connectivity index (χ4v) is 2.26. The Bertz CT molecular complexity index is 343. The largest absolute Gasteiger partial charge is 0.375 e. The smallest absolute Gasteiger partial charge is 0.0598 e. The molecule has 18 heavy (non-hydrogen) atoms. The number of hydrogen-bond donors (Lipinski definition) is 1. The predicted molar refractivity (Wildman–Crippen MR) is 80.3 cm³/mol. The van der Waals surface area contributed by atoms with Crippen molar-refractivity contribution in [3.63, 3.8) is 0 Å². The highest BCUT2D eigenvalue weighted by Crippen LogP contribution is 2.21. The van der Waals surface area contributed by atoms with E-state index >= 15 is 0 Å². The van der Waals surface area contributed by atoms with Crippen molar-refractivity contribution in [2.75, 3.05) is 19.4 Å². The van der Waals surface area contributed by atoms with E-state index in [1.165, 1.54) is 10.5 Å². The Kier molecular flexibility index (Phi) is 6.19. The molecule has 1 N–H and O–H groups in total. The van der Waals surface area contributed by atoms with Gasteiger partial charge in [-0.05, 0) is 52.4 Å². The molecule has 1 aromatic rings. The summed E-state index contributed by atoms with van der Waals surface area (Å²) >= 11 is 1.84.